The predicted molar refractivity (Wildman–Crippen MR) is 134 cm³/mol. The Labute approximate surface area is 198 Å². The van der Waals surface area contributed by atoms with Gasteiger partial charge in [-0.25, -0.2) is 0 Å². The van der Waals surface area contributed by atoms with Crippen molar-refractivity contribution >= 4 is 14.1 Å². The first-order chi connectivity index (χ1) is 14.7. The highest BCUT2D eigenvalue weighted by molar-refractivity contribution is 6.74. The summed E-state index contributed by atoms with van der Waals surface area (Å²) in [4.78, 5) is 12.6. The van der Waals surface area contributed by atoms with Crippen LogP contribution in [0, 0.1) is 34.5 Å². The summed E-state index contributed by atoms with van der Waals surface area (Å²) in [5.41, 5.74) is 2.11. The summed E-state index contributed by atoms with van der Waals surface area (Å²) in [6.45, 7) is 18.6. The molecule has 0 unspecified atom stereocenters. The van der Waals surface area contributed by atoms with Gasteiger partial charge >= 0.3 is 0 Å². The zero-order chi connectivity index (χ0) is 23.7. The molecule has 0 aliphatic heterocycles. The van der Waals surface area contributed by atoms with E-state index < -0.39 is 8.32 Å². The van der Waals surface area contributed by atoms with Gasteiger partial charge in [0.2, 0.25) is 0 Å². The number of allylic oxidation sites excluding steroid dienone is 1. The maximum Gasteiger partial charge on any atom is 0.192 e. The summed E-state index contributed by atoms with van der Waals surface area (Å²) in [5, 5.41) is 0.265. The molecule has 32 heavy (non-hydrogen) atoms. The molecule has 4 heteroatoms. The third-order valence-electron chi connectivity index (χ3n) is 11.1. The fourth-order valence-corrected chi connectivity index (χ4v) is 9.66. The van der Waals surface area contributed by atoms with Crippen molar-refractivity contribution in [1.29, 1.82) is 0 Å². The summed E-state index contributed by atoms with van der Waals surface area (Å²) in [6, 6.07) is 0. The molecule has 4 aliphatic carbocycles. The number of fused-ring (bicyclic) bond motifs is 5. The second-order valence-electron chi connectivity index (χ2n) is 13.6. The quantitative estimate of drug-likeness (QED) is 0.329. The molecule has 0 N–H and O–H groups in total. The van der Waals surface area contributed by atoms with Crippen LogP contribution in [0.3, 0.4) is 0 Å². The summed E-state index contributed by atoms with van der Waals surface area (Å²) >= 11 is 0. The number of ether oxygens (including phenoxy) is 1. The van der Waals surface area contributed by atoms with Crippen LogP contribution in [-0.4, -0.2) is 33.4 Å². The van der Waals surface area contributed by atoms with Crippen molar-refractivity contribution < 1.29 is 14.0 Å². The fraction of sp³-hybridized carbons (Fsp3) is 0.893. The molecule has 0 saturated heterocycles. The Hall–Kier alpha value is -0.453. The molecule has 3 nitrogen and oxygen atoms in total. The average molecular weight is 461 g/mol. The number of carbonyl (C=O) groups is 1. The van der Waals surface area contributed by atoms with Crippen LogP contribution in [0.25, 0.3) is 0 Å². The van der Waals surface area contributed by atoms with Crippen LogP contribution in [0.5, 0.6) is 0 Å². The third-order valence-corrected chi connectivity index (χ3v) is 15.6. The van der Waals surface area contributed by atoms with Crippen molar-refractivity contribution in [3.8, 4) is 0 Å². The van der Waals surface area contributed by atoms with E-state index in [1.165, 1.54) is 32.1 Å². The normalized spacial score (nSPS) is 44.3. The Kier molecular flexibility index (Phi) is 6.21. The number of ketones is 1. The van der Waals surface area contributed by atoms with Gasteiger partial charge in [0.15, 0.2) is 8.32 Å². The van der Waals surface area contributed by atoms with Gasteiger partial charge in [-0.2, -0.15) is 0 Å². The molecule has 4 aliphatic rings. The maximum absolute atomic E-state index is 12.6. The second kappa shape index (κ2) is 8.05. The van der Waals surface area contributed by atoms with E-state index in [0.717, 1.165) is 18.8 Å². The van der Waals surface area contributed by atoms with Gasteiger partial charge in [0, 0.05) is 19.1 Å². The lowest BCUT2D eigenvalue weighted by Gasteiger charge is -2.58. The number of methoxy groups -OCH3 is 1. The van der Waals surface area contributed by atoms with Gasteiger partial charge in [0.1, 0.15) is 5.78 Å². The highest BCUT2D eigenvalue weighted by Gasteiger charge is 2.62. The van der Waals surface area contributed by atoms with E-state index in [-0.39, 0.29) is 22.5 Å². The van der Waals surface area contributed by atoms with Gasteiger partial charge in [-0.3, -0.25) is 4.79 Å². The highest BCUT2D eigenvalue weighted by Crippen LogP contribution is 2.66. The summed E-state index contributed by atoms with van der Waals surface area (Å²) in [6.07, 6.45) is 11.4. The Bertz CT molecular complexity index is 780. The van der Waals surface area contributed by atoms with Crippen molar-refractivity contribution in [2.75, 3.05) is 7.11 Å². The predicted octanol–water partition coefficient (Wildman–Crippen LogP) is 7.17. The van der Waals surface area contributed by atoms with E-state index in [9.17, 15) is 4.79 Å². The molecule has 182 valence electrons. The number of hydrogen-bond acceptors (Lipinski definition) is 3. The molecule has 0 aromatic rings. The summed E-state index contributed by atoms with van der Waals surface area (Å²) in [5.74, 6) is 2.46. The Balaban J connectivity index is 1.56. The monoisotopic (exact) mass is 460 g/mol. The van der Waals surface area contributed by atoms with E-state index in [1.54, 1.807) is 12.5 Å². The van der Waals surface area contributed by atoms with Crippen molar-refractivity contribution in [1.82, 2.24) is 0 Å². The van der Waals surface area contributed by atoms with Crippen LogP contribution >= 0.6 is 0 Å². The van der Waals surface area contributed by atoms with Gasteiger partial charge in [0.05, 0.1) is 6.10 Å². The van der Waals surface area contributed by atoms with Crippen molar-refractivity contribution in [2.24, 2.45) is 34.5 Å². The van der Waals surface area contributed by atoms with Crippen LogP contribution in [0.2, 0.25) is 18.1 Å². The van der Waals surface area contributed by atoms with Gasteiger partial charge in [-0.05, 0) is 98.6 Å². The third kappa shape index (κ3) is 3.71. The standard InChI is InChI=1S/C28H48O3Si/c1-18(29)25-24(30-7)17-23-21-11-10-19-16-20(31-32(8,9)26(2,3)4)12-14-27(19,5)22(21)13-15-28(23,25)6/h10,20-25H,11-17H2,1-9H3/t20-,21-,22+,23+,24+,25+,27-,28+/m0/s1. The molecule has 0 heterocycles. The number of carbonyl (C=O) groups excluding carboxylic acids is 1. The number of hydrogen-bond donors (Lipinski definition) is 0. The minimum atomic E-state index is -1.74. The molecule has 0 bridgehead atoms. The molecule has 0 radical (unpaired) electrons. The molecule has 4 rings (SSSR count). The first-order valence-electron chi connectivity index (χ1n) is 13.1. The van der Waals surface area contributed by atoms with Crippen molar-refractivity contribution in [3.63, 3.8) is 0 Å². The molecule has 3 fully saturated rings. The smallest absolute Gasteiger partial charge is 0.192 e. The second-order valence-corrected chi connectivity index (χ2v) is 18.4. The molecule has 0 aromatic heterocycles. The Morgan fingerprint density at radius 1 is 1.12 bits per heavy atom. The van der Waals surface area contributed by atoms with Gasteiger partial charge in [0.25, 0.3) is 0 Å². The molecule has 0 aromatic carbocycles. The topological polar surface area (TPSA) is 35.5 Å². The fourth-order valence-electron chi connectivity index (χ4n) is 8.27. The average Bonchev–Trinajstić information content (AvgIpc) is 2.99. The van der Waals surface area contributed by atoms with E-state index >= 15 is 0 Å². The lowest BCUT2D eigenvalue weighted by atomic mass is 9.47. The molecule has 8 atom stereocenters. The molecule has 3 saturated carbocycles. The zero-order valence-corrected chi connectivity index (χ0v) is 23.2. The van der Waals surface area contributed by atoms with E-state index in [1.807, 2.05) is 7.11 Å². The van der Waals surface area contributed by atoms with Crippen molar-refractivity contribution in [3.05, 3.63) is 11.6 Å². The molecular weight excluding hydrogens is 412 g/mol. The van der Waals surface area contributed by atoms with E-state index in [0.29, 0.717) is 29.1 Å². The van der Waals surface area contributed by atoms with E-state index in [4.69, 9.17) is 9.16 Å². The number of rotatable bonds is 4. The van der Waals surface area contributed by atoms with Gasteiger partial charge in [-0.1, -0.05) is 46.3 Å². The van der Waals surface area contributed by atoms with Crippen molar-refractivity contribution in [2.45, 2.75) is 117 Å². The van der Waals surface area contributed by atoms with Crippen LogP contribution in [0.4, 0.5) is 0 Å². The summed E-state index contributed by atoms with van der Waals surface area (Å²) in [7, 11) is 0.0694. The van der Waals surface area contributed by atoms with Crippen LogP contribution in [-0.2, 0) is 14.0 Å². The van der Waals surface area contributed by atoms with Crippen LogP contribution < -0.4 is 0 Å². The zero-order valence-electron chi connectivity index (χ0n) is 22.2. The molecular formula is C28H48O3Si. The van der Waals surface area contributed by atoms with Crippen LogP contribution in [0.1, 0.15) is 86.5 Å². The molecule has 0 amide bonds. The van der Waals surface area contributed by atoms with Gasteiger partial charge in [-0.15, -0.1) is 0 Å². The van der Waals surface area contributed by atoms with E-state index in [2.05, 4.69) is 53.8 Å². The highest BCUT2D eigenvalue weighted by atomic mass is 28.4. The molecule has 0 spiro atoms. The lowest BCUT2D eigenvalue weighted by molar-refractivity contribution is -0.131. The maximum atomic E-state index is 12.6. The van der Waals surface area contributed by atoms with Gasteiger partial charge < -0.3 is 9.16 Å². The first kappa shape index (κ1) is 24.7. The minimum absolute atomic E-state index is 0.0744. The Morgan fingerprint density at radius 2 is 1.81 bits per heavy atom. The first-order valence-corrected chi connectivity index (χ1v) is 16.1. The minimum Gasteiger partial charge on any atom is -0.414 e. The lowest BCUT2D eigenvalue weighted by Crippen LogP contribution is -2.52. The Morgan fingerprint density at radius 3 is 2.41 bits per heavy atom. The largest absolute Gasteiger partial charge is 0.414 e. The summed E-state index contributed by atoms with van der Waals surface area (Å²) < 4.78 is 12.8. The SMILES string of the molecule is CO[C@@H]1C[C@@H]2[C@H]3CC=C4C[C@@H](O[Si](C)(C)C(C)(C)C)CC[C@]4(C)[C@@H]3CC[C@@]2(C)[C@@H]1C(C)=O. The van der Waals surface area contributed by atoms with Crippen LogP contribution in [0.15, 0.2) is 11.6 Å². The number of Topliss-reactive ketones (excluding diaryl/α,β-unsaturated/α-hetero) is 1.